The summed E-state index contributed by atoms with van der Waals surface area (Å²) in [6.07, 6.45) is 1.52. The second kappa shape index (κ2) is 7.54. The zero-order chi connectivity index (χ0) is 13.5. The summed E-state index contributed by atoms with van der Waals surface area (Å²) in [5, 5.41) is 11.7. The molecule has 0 radical (unpaired) electrons. The van der Waals surface area contributed by atoms with Crippen molar-refractivity contribution in [1.29, 1.82) is 0 Å². The Labute approximate surface area is 117 Å². The molecule has 18 heavy (non-hydrogen) atoms. The molecular formula is C14H20BrNO2. The fraction of sp³-hybridized carbons (Fsp3) is 0.500. The Bertz CT molecular complexity index is 378. The third-order valence-electron chi connectivity index (χ3n) is 2.95. The van der Waals surface area contributed by atoms with Crippen LogP contribution in [0, 0.1) is 0 Å². The maximum absolute atomic E-state index is 12.0. The fourth-order valence-electron chi connectivity index (χ4n) is 1.74. The smallest absolute Gasteiger partial charge is 0.227 e. The molecule has 2 unspecified atom stereocenters. The first-order valence-electron chi connectivity index (χ1n) is 6.21. The number of nitrogens with one attached hydrogen (secondary N) is 1. The van der Waals surface area contributed by atoms with Crippen LogP contribution in [0.25, 0.3) is 0 Å². The van der Waals surface area contributed by atoms with E-state index in [1.807, 2.05) is 38.1 Å². The number of hydrogen-bond donors (Lipinski definition) is 2. The molecule has 0 saturated carbocycles. The Morgan fingerprint density at radius 2 is 1.94 bits per heavy atom. The Morgan fingerprint density at radius 3 is 2.50 bits per heavy atom. The third kappa shape index (κ3) is 4.78. The van der Waals surface area contributed by atoms with Crippen molar-refractivity contribution in [3.63, 3.8) is 0 Å². The molecule has 0 aliphatic heterocycles. The van der Waals surface area contributed by atoms with Gasteiger partial charge in [0.25, 0.3) is 0 Å². The molecule has 0 bridgehead atoms. The van der Waals surface area contributed by atoms with Crippen LogP contribution in [-0.4, -0.2) is 23.7 Å². The van der Waals surface area contributed by atoms with E-state index >= 15 is 0 Å². The molecule has 1 amide bonds. The first-order valence-corrected chi connectivity index (χ1v) is 7.00. The van der Waals surface area contributed by atoms with E-state index in [1.165, 1.54) is 0 Å². The van der Waals surface area contributed by atoms with Crippen molar-refractivity contribution in [2.45, 2.75) is 38.6 Å². The molecule has 0 aromatic heterocycles. The van der Waals surface area contributed by atoms with E-state index in [0.717, 1.165) is 16.5 Å². The largest absolute Gasteiger partial charge is 0.396 e. The van der Waals surface area contributed by atoms with E-state index in [2.05, 4.69) is 21.2 Å². The Hall–Kier alpha value is -0.870. The van der Waals surface area contributed by atoms with E-state index in [0.29, 0.717) is 6.42 Å². The predicted molar refractivity (Wildman–Crippen MR) is 76.5 cm³/mol. The predicted octanol–water partition coefficient (Wildman–Crippen LogP) is 2.83. The number of amides is 1. The first-order chi connectivity index (χ1) is 8.54. The highest BCUT2D eigenvalue weighted by Gasteiger charge is 2.16. The van der Waals surface area contributed by atoms with Gasteiger partial charge < -0.3 is 10.4 Å². The number of carbonyl (C=O) groups is 1. The van der Waals surface area contributed by atoms with Gasteiger partial charge in [-0.25, -0.2) is 0 Å². The lowest BCUT2D eigenvalue weighted by molar-refractivity contribution is -0.122. The molecular weight excluding hydrogens is 294 g/mol. The highest BCUT2D eigenvalue weighted by molar-refractivity contribution is 9.10. The standard InChI is InChI=1S/C14H20BrNO2/c1-10(4-3-9-17)16-14(18)11(2)12-5-7-13(15)8-6-12/h5-8,10-11,17H,3-4,9H2,1-2H3,(H,16,18). The second-order valence-electron chi connectivity index (χ2n) is 4.55. The molecule has 100 valence electrons. The van der Waals surface area contributed by atoms with Gasteiger partial charge in [0.1, 0.15) is 0 Å². The fourth-order valence-corrected chi connectivity index (χ4v) is 2.00. The van der Waals surface area contributed by atoms with E-state index in [-0.39, 0.29) is 24.5 Å². The SMILES string of the molecule is CC(CCCO)NC(=O)C(C)c1ccc(Br)cc1. The number of aliphatic hydroxyl groups is 1. The zero-order valence-corrected chi connectivity index (χ0v) is 12.4. The molecule has 1 rings (SSSR count). The average Bonchev–Trinajstić information content (AvgIpc) is 2.36. The zero-order valence-electron chi connectivity index (χ0n) is 10.8. The van der Waals surface area contributed by atoms with Crippen LogP contribution in [0.3, 0.4) is 0 Å². The summed E-state index contributed by atoms with van der Waals surface area (Å²) in [5.74, 6) is -0.127. The van der Waals surface area contributed by atoms with E-state index in [9.17, 15) is 4.79 Å². The van der Waals surface area contributed by atoms with Crippen molar-refractivity contribution in [3.05, 3.63) is 34.3 Å². The van der Waals surface area contributed by atoms with Gasteiger partial charge in [0.2, 0.25) is 5.91 Å². The van der Waals surface area contributed by atoms with Crippen LogP contribution in [0.1, 0.15) is 38.2 Å². The average molecular weight is 314 g/mol. The summed E-state index contributed by atoms with van der Waals surface area (Å²) in [7, 11) is 0. The molecule has 1 aromatic rings. The highest BCUT2D eigenvalue weighted by atomic mass is 79.9. The summed E-state index contributed by atoms with van der Waals surface area (Å²) in [4.78, 5) is 12.0. The first kappa shape index (κ1) is 15.2. The molecule has 1 aromatic carbocycles. The van der Waals surface area contributed by atoms with Crippen LogP contribution in [0.2, 0.25) is 0 Å². The molecule has 3 nitrogen and oxygen atoms in total. The highest BCUT2D eigenvalue weighted by Crippen LogP contribution is 2.18. The van der Waals surface area contributed by atoms with E-state index < -0.39 is 0 Å². The molecule has 4 heteroatoms. The number of carbonyl (C=O) groups excluding carboxylic acids is 1. The monoisotopic (exact) mass is 313 g/mol. The lowest BCUT2D eigenvalue weighted by Crippen LogP contribution is -2.35. The van der Waals surface area contributed by atoms with Crippen LogP contribution < -0.4 is 5.32 Å². The summed E-state index contributed by atoms with van der Waals surface area (Å²) in [6.45, 7) is 4.03. The number of benzene rings is 1. The Kier molecular flexibility index (Phi) is 6.36. The molecule has 0 saturated heterocycles. The van der Waals surface area contributed by atoms with E-state index in [4.69, 9.17) is 5.11 Å². The van der Waals surface area contributed by atoms with Gasteiger partial charge >= 0.3 is 0 Å². The second-order valence-corrected chi connectivity index (χ2v) is 5.46. The minimum Gasteiger partial charge on any atom is -0.396 e. The van der Waals surface area contributed by atoms with Gasteiger partial charge in [0.05, 0.1) is 5.92 Å². The molecule has 0 aliphatic carbocycles. The molecule has 0 fully saturated rings. The van der Waals surface area contributed by atoms with Crippen molar-refractivity contribution in [1.82, 2.24) is 5.32 Å². The Balaban J connectivity index is 2.53. The maximum Gasteiger partial charge on any atom is 0.227 e. The maximum atomic E-state index is 12.0. The molecule has 2 atom stereocenters. The van der Waals surface area contributed by atoms with Gasteiger partial charge in [-0.05, 0) is 44.4 Å². The van der Waals surface area contributed by atoms with Crippen LogP contribution in [0.5, 0.6) is 0 Å². The van der Waals surface area contributed by atoms with Crippen molar-refractivity contribution in [2.24, 2.45) is 0 Å². The van der Waals surface area contributed by atoms with Gasteiger partial charge in [-0.2, -0.15) is 0 Å². The summed E-state index contributed by atoms with van der Waals surface area (Å²) < 4.78 is 1.01. The summed E-state index contributed by atoms with van der Waals surface area (Å²) >= 11 is 3.38. The van der Waals surface area contributed by atoms with Crippen molar-refractivity contribution in [2.75, 3.05) is 6.61 Å². The number of hydrogen-bond acceptors (Lipinski definition) is 2. The van der Waals surface area contributed by atoms with Crippen LogP contribution in [0.15, 0.2) is 28.7 Å². The van der Waals surface area contributed by atoms with Crippen molar-refractivity contribution in [3.8, 4) is 0 Å². The summed E-state index contributed by atoms with van der Waals surface area (Å²) in [6, 6.07) is 7.88. The Morgan fingerprint density at radius 1 is 1.33 bits per heavy atom. The number of rotatable bonds is 6. The van der Waals surface area contributed by atoms with Gasteiger partial charge in [0, 0.05) is 17.1 Å². The normalized spacial score (nSPS) is 14.0. The summed E-state index contributed by atoms with van der Waals surface area (Å²) in [5.41, 5.74) is 1.00. The van der Waals surface area contributed by atoms with E-state index in [1.54, 1.807) is 0 Å². The van der Waals surface area contributed by atoms with Crippen LogP contribution in [-0.2, 0) is 4.79 Å². The van der Waals surface area contributed by atoms with Gasteiger partial charge in [-0.3, -0.25) is 4.79 Å². The topological polar surface area (TPSA) is 49.3 Å². The molecule has 2 N–H and O–H groups in total. The molecule has 0 aliphatic rings. The minimum absolute atomic E-state index is 0.0303. The van der Waals surface area contributed by atoms with Crippen molar-refractivity contribution < 1.29 is 9.90 Å². The van der Waals surface area contributed by atoms with Gasteiger partial charge in [-0.15, -0.1) is 0 Å². The van der Waals surface area contributed by atoms with Crippen molar-refractivity contribution >= 4 is 21.8 Å². The van der Waals surface area contributed by atoms with Gasteiger partial charge in [0.15, 0.2) is 0 Å². The van der Waals surface area contributed by atoms with Crippen LogP contribution >= 0.6 is 15.9 Å². The molecule has 0 heterocycles. The third-order valence-corrected chi connectivity index (χ3v) is 3.48. The minimum atomic E-state index is -0.158. The quantitative estimate of drug-likeness (QED) is 0.848. The lowest BCUT2D eigenvalue weighted by atomic mass is 10.00. The number of aliphatic hydroxyl groups excluding tert-OH is 1. The van der Waals surface area contributed by atoms with Crippen LogP contribution in [0.4, 0.5) is 0 Å². The van der Waals surface area contributed by atoms with Gasteiger partial charge in [-0.1, -0.05) is 28.1 Å². The number of halogens is 1. The lowest BCUT2D eigenvalue weighted by Gasteiger charge is -2.17. The molecule has 0 spiro atoms.